The van der Waals surface area contributed by atoms with Gasteiger partial charge >= 0.3 is 0 Å². The van der Waals surface area contributed by atoms with Crippen molar-refractivity contribution in [1.82, 2.24) is 0 Å². The smallest absolute Gasteiger partial charge is 0.0686 e. The molecule has 2 saturated carbocycles. The fraction of sp³-hybridized carbons (Fsp3) is 0.818. The monoisotopic (exact) mass is 166 g/mol. The standard InChI is InChI=1S/C11H18O/c1-7(2)6-9-8(3)10(9)11(12)4-5-11/h6,8-10,12H,4-5H2,1-3H3. The van der Waals surface area contributed by atoms with Gasteiger partial charge in [-0.05, 0) is 44.4 Å². The molecule has 0 amide bonds. The molecule has 0 bridgehead atoms. The SMILES string of the molecule is CC(C)=CC1C(C)C1C1(O)CC1. The Balaban J connectivity index is 2.01. The second-order valence-electron chi connectivity index (χ2n) is 4.81. The second-order valence-corrected chi connectivity index (χ2v) is 4.81. The van der Waals surface area contributed by atoms with Crippen LogP contribution in [0, 0.1) is 17.8 Å². The van der Waals surface area contributed by atoms with E-state index in [1.165, 1.54) is 5.57 Å². The number of hydrogen-bond donors (Lipinski definition) is 1. The average molecular weight is 166 g/mol. The van der Waals surface area contributed by atoms with Gasteiger partial charge in [-0.1, -0.05) is 18.6 Å². The van der Waals surface area contributed by atoms with Gasteiger partial charge in [0.25, 0.3) is 0 Å². The molecular formula is C11H18O. The first-order chi connectivity index (χ1) is 5.54. The van der Waals surface area contributed by atoms with Crippen LogP contribution >= 0.6 is 0 Å². The maximum atomic E-state index is 9.89. The molecule has 68 valence electrons. The largest absolute Gasteiger partial charge is 0.390 e. The highest BCUT2D eigenvalue weighted by Crippen LogP contribution is 2.61. The summed E-state index contributed by atoms with van der Waals surface area (Å²) in [7, 11) is 0. The molecule has 12 heavy (non-hydrogen) atoms. The van der Waals surface area contributed by atoms with Crippen molar-refractivity contribution < 1.29 is 5.11 Å². The minimum absolute atomic E-state index is 0.254. The number of hydrogen-bond acceptors (Lipinski definition) is 1. The summed E-state index contributed by atoms with van der Waals surface area (Å²) >= 11 is 0. The van der Waals surface area contributed by atoms with Crippen molar-refractivity contribution in [2.45, 2.75) is 39.2 Å². The van der Waals surface area contributed by atoms with Gasteiger partial charge in [0.1, 0.15) is 0 Å². The number of aliphatic hydroxyl groups is 1. The van der Waals surface area contributed by atoms with Gasteiger partial charge < -0.3 is 5.11 Å². The molecule has 1 N–H and O–H groups in total. The molecule has 0 aromatic rings. The third-order valence-electron chi connectivity index (χ3n) is 3.36. The van der Waals surface area contributed by atoms with Crippen molar-refractivity contribution in [1.29, 1.82) is 0 Å². The van der Waals surface area contributed by atoms with E-state index >= 15 is 0 Å². The van der Waals surface area contributed by atoms with E-state index in [0.717, 1.165) is 12.8 Å². The summed E-state index contributed by atoms with van der Waals surface area (Å²) in [6, 6.07) is 0. The van der Waals surface area contributed by atoms with E-state index in [-0.39, 0.29) is 5.60 Å². The van der Waals surface area contributed by atoms with Crippen LogP contribution in [0.25, 0.3) is 0 Å². The van der Waals surface area contributed by atoms with Crippen molar-refractivity contribution >= 4 is 0 Å². The van der Waals surface area contributed by atoms with Crippen molar-refractivity contribution in [2.75, 3.05) is 0 Å². The Morgan fingerprint density at radius 2 is 2.00 bits per heavy atom. The van der Waals surface area contributed by atoms with Crippen molar-refractivity contribution in [3.05, 3.63) is 11.6 Å². The van der Waals surface area contributed by atoms with E-state index in [1.54, 1.807) is 0 Å². The summed E-state index contributed by atoms with van der Waals surface area (Å²) in [5.74, 6) is 1.96. The Bertz CT molecular complexity index is 221. The summed E-state index contributed by atoms with van der Waals surface area (Å²) in [6.45, 7) is 6.53. The Morgan fingerprint density at radius 1 is 1.42 bits per heavy atom. The molecule has 0 spiro atoms. The van der Waals surface area contributed by atoms with Crippen LogP contribution in [-0.4, -0.2) is 10.7 Å². The molecule has 0 aliphatic heterocycles. The van der Waals surface area contributed by atoms with Crippen LogP contribution in [0.3, 0.4) is 0 Å². The van der Waals surface area contributed by atoms with Gasteiger partial charge in [0.2, 0.25) is 0 Å². The molecule has 0 saturated heterocycles. The third kappa shape index (κ3) is 1.20. The first-order valence-corrected chi connectivity index (χ1v) is 4.92. The van der Waals surface area contributed by atoms with Gasteiger partial charge in [0, 0.05) is 0 Å². The van der Waals surface area contributed by atoms with Gasteiger partial charge in [0.05, 0.1) is 5.60 Å². The maximum absolute atomic E-state index is 9.89. The first kappa shape index (κ1) is 8.31. The Hall–Kier alpha value is -0.300. The molecule has 0 radical (unpaired) electrons. The quantitative estimate of drug-likeness (QED) is 0.624. The molecule has 2 fully saturated rings. The molecule has 0 aromatic carbocycles. The van der Waals surface area contributed by atoms with Crippen LogP contribution in [0.15, 0.2) is 11.6 Å². The summed E-state index contributed by atoms with van der Waals surface area (Å²) in [6.07, 6.45) is 4.40. The normalized spacial score (nSPS) is 42.2. The van der Waals surface area contributed by atoms with Gasteiger partial charge in [-0.25, -0.2) is 0 Å². The van der Waals surface area contributed by atoms with Crippen molar-refractivity contribution in [2.24, 2.45) is 17.8 Å². The number of allylic oxidation sites excluding steroid dienone is 2. The molecule has 1 nitrogen and oxygen atoms in total. The maximum Gasteiger partial charge on any atom is 0.0686 e. The molecule has 2 aliphatic carbocycles. The van der Waals surface area contributed by atoms with E-state index in [0.29, 0.717) is 17.8 Å². The lowest BCUT2D eigenvalue weighted by molar-refractivity contribution is 0.117. The van der Waals surface area contributed by atoms with E-state index in [9.17, 15) is 5.11 Å². The van der Waals surface area contributed by atoms with E-state index in [4.69, 9.17) is 0 Å². The fourth-order valence-electron chi connectivity index (χ4n) is 2.44. The minimum atomic E-state index is -0.254. The van der Waals surface area contributed by atoms with Gasteiger partial charge in [0.15, 0.2) is 0 Å². The van der Waals surface area contributed by atoms with E-state index in [1.807, 2.05) is 0 Å². The predicted octanol–water partition coefficient (Wildman–Crippen LogP) is 2.36. The molecule has 3 unspecified atom stereocenters. The summed E-state index contributed by atoms with van der Waals surface area (Å²) in [5.41, 5.74) is 1.13. The lowest BCUT2D eigenvalue weighted by Crippen LogP contribution is -2.11. The molecule has 2 rings (SSSR count). The third-order valence-corrected chi connectivity index (χ3v) is 3.36. The van der Waals surface area contributed by atoms with E-state index in [2.05, 4.69) is 26.8 Å². The van der Waals surface area contributed by atoms with Crippen LogP contribution < -0.4 is 0 Å². The lowest BCUT2D eigenvalue weighted by atomic mass is 10.1. The van der Waals surface area contributed by atoms with Crippen molar-refractivity contribution in [3.63, 3.8) is 0 Å². The van der Waals surface area contributed by atoms with Crippen LogP contribution in [0.1, 0.15) is 33.6 Å². The van der Waals surface area contributed by atoms with Crippen LogP contribution in [-0.2, 0) is 0 Å². The van der Waals surface area contributed by atoms with Crippen LogP contribution in [0.4, 0.5) is 0 Å². The van der Waals surface area contributed by atoms with Crippen LogP contribution in [0.5, 0.6) is 0 Å². The zero-order chi connectivity index (χ0) is 8.93. The highest BCUT2D eigenvalue weighted by atomic mass is 16.3. The minimum Gasteiger partial charge on any atom is -0.390 e. The first-order valence-electron chi connectivity index (χ1n) is 4.92. The molecule has 0 heterocycles. The summed E-state index contributed by atoms with van der Waals surface area (Å²) in [4.78, 5) is 0. The second kappa shape index (κ2) is 2.35. The zero-order valence-corrected chi connectivity index (χ0v) is 8.17. The average Bonchev–Trinajstić information content (AvgIpc) is 2.77. The Labute approximate surface area is 74.5 Å². The predicted molar refractivity (Wildman–Crippen MR) is 49.8 cm³/mol. The fourth-order valence-corrected chi connectivity index (χ4v) is 2.44. The molecule has 2 aliphatic rings. The zero-order valence-electron chi connectivity index (χ0n) is 8.17. The van der Waals surface area contributed by atoms with Crippen molar-refractivity contribution in [3.8, 4) is 0 Å². The highest BCUT2D eigenvalue weighted by Gasteiger charge is 2.62. The summed E-state index contributed by atoms with van der Waals surface area (Å²) < 4.78 is 0. The molecule has 1 heteroatoms. The van der Waals surface area contributed by atoms with Crippen LogP contribution in [0.2, 0.25) is 0 Å². The Kier molecular flexibility index (Phi) is 1.63. The topological polar surface area (TPSA) is 20.2 Å². The molecule has 3 atom stereocenters. The number of rotatable bonds is 2. The lowest BCUT2D eigenvalue weighted by Gasteiger charge is -2.04. The van der Waals surface area contributed by atoms with Gasteiger partial charge in [-0.2, -0.15) is 0 Å². The van der Waals surface area contributed by atoms with E-state index < -0.39 is 0 Å². The molecule has 0 aromatic heterocycles. The van der Waals surface area contributed by atoms with Gasteiger partial charge in [-0.3, -0.25) is 0 Å². The summed E-state index contributed by atoms with van der Waals surface area (Å²) in [5, 5.41) is 9.89. The molecular weight excluding hydrogens is 148 g/mol. The highest BCUT2D eigenvalue weighted by molar-refractivity contribution is 5.20. The van der Waals surface area contributed by atoms with Gasteiger partial charge in [-0.15, -0.1) is 0 Å². The Morgan fingerprint density at radius 3 is 2.42 bits per heavy atom.